The summed E-state index contributed by atoms with van der Waals surface area (Å²) < 4.78 is 78.9. The molecular weight excluding hydrogens is 539 g/mol. The van der Waals surface area contributed by atoms with Crippen LogP contribution in [-0.4, -0.2) is 43.0 Å². The Kier molecular flexibility index (Phi) is 7.80. The lowest BCUT2D eigenvalue weighted by atomic mass is 9.86. The van der Waals surface area contributed by atoms with Gasteiger partial charge < -0.3 is 15.5 Å². The van der Waals surface area contributed by atoms with Crippen LogP contribution >= 0.6 is 23.2 Å². The highest BCUT2D eigenvalue weighted by molar-refractivity contribution is 6.34. The number of alkyl halides is 6. The van der Waals surface area contributed by atoms with Crippen molar-refractivity contribution in [3.63, 3.8) is 0 Å². The molecule has 6 nitrogen and oxygen atoms in total. The third-order valence-electron chi connectivity index (χ3n) is 5.21. The van der Waals surface area contributed by atoms with Crippen LogP contribution in [0.1, 0.15) is 33.5 Å². The minimum atomic E-state index is -4.88. The number of rotatable bonds is 6. The molecule has 0 unspecified atom stereocenters. The van der Waals surface area contributed by atoms with E-state index in [4.69, 9.17) is 28.0 Å². The summed E-state index contributed by atoms with van der Waals surface area (Å²) in [6.45, 7) is -0.750. The minimum Gasteiger partial charge on any atom is -0.374 e. The number of hydrogen-bond acceptors (Lipinski definition) is 4. The number of carbonyl (C=O) groups is 2. The molecule has 1 aliphatic heterocycles. The van der Waals surface area contributed by atoms with Crippen LogP contribution in [0.5, 0.6) is 0 Å². The van der Waals surface area contributed by atoms with E-state index >= 15 is 0 Å². The summed E-state index contributed by atoms with van der Waals surface area (Å²) in [7, 11) is 0. The maximum atomic E-state index is 14.1. The van der Waals surface area contributed by atoms with Gasteiger partial charge in [-0.25, -0.2) is 0 Å². The standard InChI is InChI=1S/C22H17Cl2F6N3O3/c1-11-4-12(2-3-16(11)19(35)31-9-18(34)32-10-21(25,26)27)17-8-20(36-33-17,22(28,29)30)13-5-14(23)7-15(24)6-13/h2-7H,8-10H2,1H3,(H,31,35)(H,32,34)/t20-/m1/s1. The predicted octanol–water partition coefficient (Wildman–Crippen LogP) is 5.29. The Morgan fingerprint density at radius 1 is 1.03 bits per heavy atom. The van der Waals surface area contributed by atoms with E-state index in [0.717, 1.165) is 12.1 Å². The topological polar surface area (TPSA) is 79.8 Å². The van der Waals surface area contributed by atoms with Crippen LogP contribution in [0.25, 0.3) is 0 Å². The van der Waals surface area contributed by atoms with Crippen LogP contribution in [0.2, 0.25) is 10.0 Å². The molecule has 1 atom stereocenters. The van der Waals surface area contributed by atoms with Crippen LogP contribution in [0.4, 0.5) is 26.3 Å². The number of amides is 2. The molecule has 0 aliphatic carbocycles. The zero-order chi connectivity index (χ0) is 26.9. The number of carbonyl (C=O) groups excluding carboxylic acids is 2. The number of halogens is 8. The van der Waals surface area contributed by atoms with Gasteiger partial charge in [-0.2, -0.15) is 26.3 Å². The number of oxime groups is 1. The zero-order valence-electron chi connectivity index (χ0n) is 18.3. The summed E-state index contributed by atoms with van der Waals surface area (Å²) >= 11 is 11.8. The monoisotopic (exact) mass is 555 g/mol. The van der Waals surface area contributed by atoms with Crippen LogP contribution in [0.3, 0.4) is 0 Å². The van der Waals surface area contributed by atoms with Crippen LogP contribution in [0, 0.1) is 6.92 Å². The van der Waals surface area contributed by atoms with Gasteiger partial charge in [0, 0.05) is 27.6 Å². The van der Waals surface area contributed by atoms with E-state index < -0.39 is 49.3 Å². The van der Waals surface area contributed by atoms with Crippen LogP contribution in [-0.2, 0) is 15.2 Å². The van der Waals surface area contributed by atoms with Crippen molar-refractivity contribution < 1.29 is 40.8 Å². The van der Waals surface area contributed by atoms with E-state index in [1.807, 2.05) is 0 Å². The van der Waals surface area contributed by atoms with Crippen molar-refractivity contribution in [2.24, 2.45) is 5.16 Å². The summed E-state index contributed by atoms with van der Waals surface area (Å²) in [5.74, 6) is -1.80. The fourth-order valence-corrected chi connectivity index (χ4v) is 3.99. The molecule has 1 heterocycles. The second kappa shape index (κ2) is 10.2. The molecule has 194 valence electrons. The summed E-state index contributed by atoms with van der Waals surface area (Å²) in [5, 5.41) is 7.40. The molecule has 2 aromatic carbocycles. The molecule has 2 amide bonds. The van der Waals surface area contributed by atoms with E-state index in [1.54, 1.807) is 5.32 Å². The Morgan fingerprint density at radius 3 is 2.22 bits per heavy atom. The first-order valence-electron chi connectivity index (χ1n) is 10.1. The smallest absolute Gasteiger partial charge is 0.374 e. The van der Waals surface area contributed by atoms with E-state index in [0.29, 0.717) is 5.56 Å². The largest absolute Gasteiger partial charge is 0.435 e. The van der Waals surface area contributed by atoms with E-state index in [-0.39, 0.29) is 32.4 Å². The Morgan fingerprint density at radius 2 is 1.67 bits per heavy atom. The molecule has 2 N–H and O–H groups in total. The molecule has 14 heteroatoms. The third-order valence-corrected chi connectivity index (χ3v) is 5.65. The lowest BCUT2D eigenvalue weighted by Gasteiger charge is -2.29. The van der Waals surface area contributed by atoms with Gasteiger partial charge in [-0.1, -0.05) is 34.4 Å². The molecule has 1 aliphatic rings. The first-order valence-corrected chi connectivity index (χ1v) is 10.9. The number of nitrogens with zero attached hydrogens (tertiary/aromatic N) is 1. The van der Waals surface area contributed by atoms with Gasteiger partial charge in [0.15, 0.2) is 0 Å². The minimum absolute atomic E-state index is 0.0172. The quantitative estimate of drug-likeness (QED) is 0.475. The van der Waals surface area contributed by atoms with Gasteiger partial charge in [0.25, 0.3) is 11.5 Å². The molecule has 0 radical (unpaired) electrons. The summed E-state index contributed by atoms with van der Waals surface area (Å²) in [4.78, 5) is 28.8. The lowest BCUT2D eigenvalue weighted by molar-refractivity contribution is -0.275. The van der Waals surface area contributed by atoms with Gasteiger partial charge in [0.2, 0.25) is 5.91 Å². The zero-order valence-corrected chi connectivity index (χ0v) is 19.8. The van der Waals surface area contributed by atoms with Gasteiger partial charge >= 0.3 is 12.4 Å². The average molecular weight is 556 g/mol. The second-order valence-corrected chi connectivity index (χ2v) is 8.77. The molecule has 36 heavy (non-hydrogen) atoms. The third kappa shape index (κ3) is 6.22. The number of nitrogens with one attached hydrogen (secondary N) is 2. The highest BCUT2D eigenvalue weighted by Crippen LogP contribution is 2.49. The van der Waals surface area contributed by atoms with Crippen LogP contribution < -0.4 is 10.6 Å². The molecule has 0 spiro atoms. The molecular formula is C22H17Cl2F6N3O3. The molecule has 0 aromatic heterocycles. The molecule has 3 rings (SSSR count). The lowest BCUT2D eigenvalue weighted by Crippen LogP contribution is -2.42. The molecule has 0 saturated carbocycles. The van der Waals surface area contributed by atoms with Crippen molar-refractivity contribution in [3.05, 3.63) is 68.7 Å². The highest BCUT2D eigenvalue weighted by Gasteiger charge is 2.62. The van der Waals surface area contributed by atoms with Crippen LogP contribution in [0.15, 0.2) is 41.6 Å². The molecule has 0 fully saturated rings. The number of benzene rings is 2. The number of aryl methyl sites for hydroxylation is 1. The van der Waals surface area contributed by atoms with Gasteiger partial charge in [0.05, 0.1) is 12.3 Å². The molecule has 0 saturated heterocycles. The Labute approximate surface area is 210 Å². The number of hydrogen-bond donors (Lipinski definition) is 2. The normalized spacial score (nSPS) is 17.9. The highest BCUT2D eigenvalue weighted by atomic mass is 35.5. The van der Waals surface area contributed by atoms with Crippen molar-refractivity contribution in [2.45, 2.75) is 31.3 Å². The van der Waals surface area contributed by atoms with Gasteiger partial charge in [-0.3, -0.25) is 9.59 Å². The van der Waals surface area contributed by atoms with Gasteiger partial charge in [-0.15, -0.1) is 0 Å². The second-order valence-electron chi connectivity index (χ2n) is 7.89. The fourth-order valence-electron chi connectivity index (χ4n) is 3.46. The van der Waals surface area contributed by atoms with Crippen molar-refractivity contribution in [2.75, 3.05) is 13.1 Å². The van der Waals surface area contributed by atoms with E-state index in [9.17, 15) is 35.9 Å². The Hall–Kier alpha value is -2.99. The molecule has 2 aromatic rings. The molecule has 0 bridgehead atoms. The Bertz CT molecular complexity index is 1200. The van der Waals surface area contributed by atoms with Crippen molar-refractivity contribution >= 4 is 40.7 Å². The predicted molar refractivity (Wildman–Crippen MR) is 119 cm³/mol. The van der Waals surface area contributed by atoms with Crippen molar-refractivity contribution in [3.8, 4) is 0 Å². The van der Waals surface area contributed by atoms with E-state index in [2.05, 4.69) is 10.5 Å². The maximum absolute atomic E-state index is 14.1. The first-order chi connectivity index (χ1) is 16.6. The average Bonchev–Trinajstić information content (AvgIpc) is 3.22. The first kappa shape index (κ1) is 27.6. The summed E-state index contributed by atoms with van der Waals surface area (Å²) in [5.41, 5.74) is -2.59. The maximum Gasteiger partial charge on any atom is 0.435 e. The Balaban J connectivity index is 1.75. The SMILES string of the molecule is Cc1cc(C2=NO[C@](c3cc(Cl)cc(Cl)c3)(C(F)(F)F)C2)ccc1C(=O)NCC(=O)NCC(F)(F)F. The van der Waals surface area contributed by atoms with Gasteiger partial charge in [-0.05, 0) is 48.4 Å². The summed E-state index contributed by atoms with van der Waals surface area (Å²) in [6.07, 6.45) is -10.2. The van der Waals surface area contributed by atoms with Gasteiger partial charge in [0.1, 0.15) is 6.54 Å². The van der Waals surface area contributed by atoms with E-state index in [1.165, 1.54) is 31.2 Å². The fraction of sp³-hybridized carbons (Fsp3) is 0.318. The van der Waals surface area contributed by atoms with Crippen molar-refractivity contribution in [1.29, 1.82) is 0 Å². The summed E-state index contributed by atoms with van der Waals surface area (Å²) in [6, 6.07) is 7.48. The van der Waals surface area contributed by atoms with Crippen molar-refractivity contribution in [1.82, 2.24) is 10.6 Å².